The second-order valence-corrected chi connectivity index (χ2v) is 6.22. The zero-order valence-corrected chi connectivity index (χ0v) is 14.3. The molecule has 2 heterocycles. The predicted molar refractivity (Wildman–Crippen MR) is 92.3 cm³/mol. The van der Waals surface area contributed by atoms with Gasteiger partial charge in [0.15, 0.2) is 5.76 Å². The van der Waals surface area contributed by atoms with Crippen LogP contribution in [0.3, 0.4) is 0 Å². The first-order valence-electron chi connectivity index (χ1n) is 8.42. The van der Waals surface area contributed by atoms with Crippen molar-refractivity contribution in [2.24, 2.45) is 0 Å². The Labute approximate surface area is 142 Å². The fourth-order valence-electron chi connectivity index (χ4n) is 2.89. The van der Waals surface area contributed by atoms with Crippen molar-refractivity contribution in [3.63, 3.8) is 0 Å². The Hall–Kier alpha value is -2.27. The van der Waals surface area contributed by atoms with E-state index >= 15 is 0 Å². The van der Waals surface area contributed by atoms with Gasteiger partial charge < -0.3 is 19.4 Å². The number of hydrogen-bond donors (Lipinski definition) is 1. The lowest BCUT2D eigenvalue weighted by atomic mass is 10.1. The average Bonchev–Trinajstić information content (AvgIpc) is 2.87. The molecule has 3 rings (SSSR count). The minimum atomic E-state index is -0.0449. The molecule has 5 heteroatoms. The summed E-state index contributed by atoms with van der Waals surface area (Å²) in [6.07, 6.45) is 0.967. The molecule has 0 spiro atoms. The van der Waals surface area contributed by atoms with Gasteiger partial charge in [-0.05, 0) is 50.6 Å². The maximum Gasteiger partial charge on any atom is 0.289 e. The SMILES string of the molecule is Cc1ccc(OCc2ccc(C(=O)N3CCCNCC3)o2)c(C)c1. The number of amides is 1. The van der Waals surface area contributed by atoms with E-state index in [1.165, 1.54) is 5.56 Å². The van der Waals surface area contributed by atoms with E-state index in [2.05, 4.69) is 18.3 Å². The lowest BCUT2D eigenvalue weighted by Crippen LogP contribution is -2.33. The third kappa shape index (κ3) is 3.97. The predicted octanol–water partition coefficient (Wildman–Crippen LogP) is 2.91. The van der Waals surface area contributed by atoms with E-state index in [1.807, 2.05) is 30.0 Å². The van der Waals surface area contributed by atoms with Gasteiger partial charge in [-0.3, -0.25) is 4.79 Å². The summed E-state index contributed by atoms with van der Waals surface area (Å²) >= 11 is 0. The molecule has 0 unspecified atom stereocenters. The Bertz CT molecular complexity index is 700. The summed E-state index contributed by atoms with van der Waals surface area (Å²) in [5.41, 5.74) is 2.30. The molecule has 0 saturated carbocycles. The van der Waals surface area contributed by atoms with E-state index in [0.29, 0.717) is 24.7 Å². The molecule has 1 aliphatic heterocycles. The van der Waals surface area contributed by atoms with E-state index in [-0.39, 0.29) is 5.91 Å². The smallest absolute Gasteiger partial charge is 0.289 e. The molecule has 2 aromatic rings. The van der Waals surface area contributed by atoms with Gasteiger partial charge in [0.2, 0.25) is 0 Å². The third-order valence-corrected chi connectivity index (χ3v) is 4.20. The summed E-state index contributed by atoms with van der Waals surface area (Å²) < 4.78 is 11.5. The van der Waals surface area contributed by atoms with E-state index in [0.717, 1.165) is 37.4 Å². The molecule has 1 aliphatic rings. The molecule has 1 amide bonds. The van der Waals surface area contributed by atoms with Crippen molar-refractivity contribution in [2.75, 3.05) is 26.2 Å². The summed E-state index contributed by atoms with van der Waals surface area (Å²) in [5.74, 6) is 1.84. The molecule has 1 aromatic heterocycles. The largest absolute Gasteiger partial charge is 0.485 e. The number of nitrogens with zero attached hydrogens (tertiary/aromatic N) is 1. The van der Waals surface area contributed by atoms with Crippen molar-refractivity contribution in [1.82, 2.24) is 10.2 Å². The van der Waals surface area contributed by atoms with Gasteiger partial charge in [0.05, 0.1) is 0 Å². The second-order valence-electron chi connectivity index (χ2n) is 6.22. The molecule has 0 radical (unpaired) electrons. The molecule has 1 fully saturated rings. The molecule has 5 nitrogen and oxygen atoms in total. The normalized spacial score (nSPS) is 15.2. The monoisotopic (exact) mass is 328 g/mol. The van der Waals surface area contributed by atoms with E-state index in [1.54, 1.807) is 6.07 Å². The third-order valence-electron chi connectivity index (χ3n) is 4.20. The molecular weight excluding hydrogens is 304 g/mol. The number of rotatable bonds is 4. The van der Waals surface area contributed by atoms with Gasteiger partial charge in [0, 0.05) is 19.6 Å². The van der Waals surface area contributed by atoms with Gasteiger partial charge in [0.1, 0.15) is 18.1 Å². The summed E-state index contributed by atoms with van der Waals surface area (Å²) in [4.78, 5) is 14.3. The zero-order valence-electron chi connectivity index (χ0n) is 14.3. The van der Waals surface area contributed by atoms with Crippen molar-refractivity contribution >= 4 is 5.91 Å². The first kappa shape index (κ1) is 16.6. The number of hydrogen-bond acceptors (Lipinski definition) is 4. The highest BCUT2D eigenvalue weighted by molar-refractivity contribution is 5.91. The van der Waals surface area contributed by atoms with Crippen LogP contribution in [0.25, 0.3) is 0 Å². The molecule has 0 aliphatic carbocycles. The maximum atomic E-state index is 12.5. The van der Waals surface area contributed by atoms with Crippen molar-refractivity contribution in [3.05, 3.63) is 53.0 Å². The molecule has 24 heavy (non-hydrogen) atoms. The van der Waals surface area contributed by atoms with Crippen LogP contribution in [0.5, 0.6) is 5.75 Å². The topological polar surface area (TPSA) is 54.7 Å². The fourth-order valence-corrected chi connectivity index (χ4v) is 2.89. The number of furan rings is 1. The number of nitrogens with one attached hydrogen (secondary N) is 1. The lowest BCUT2D eigenvalue weighted by Gasteiger charge is -2.18. The highest BCUT2D eigenvalue weighted by atomic mass is 16.5. The summed E-state index contributed by atoms with van der Waals surface area (Å²) in [5, 5.41) is 3.29. The van der Waals surface area contributed by atoms with Crippen LogP contribution in [-0.2, 0) is 6.61 Å². The maximum absolute atomic E-state index is 12.5. The van der Waals surface area contributed by atoms with E-state index in [4.69, 9.17) is 9.15 Å². The lowest BCUT2D eigenvalue weighted by molar-refractivity contribution is 0.0730. The Morgan fingerprint density at radius 3 is 2.92 bits per heavy atom. The Morgan fingerprint density at radius 1 is 1.21 bits per heavy atom. The van der Waals surface area contributed by atoms with Gasteiger partial charge >= 0.3 is 0 Å². The number of aryl methyl sites for hydroxylation is 2. The van der Waals surface area contributed by atoms with Gasteiger partial charge in [-0.1, -0.05) is 17.7 Å². The first-order valence-corrected chi connectivity index (χ1v) is 8.42. The molecule has 0 bridgehead atoms. The van der Waals surface area contributed by atoms with Crippen molar-refractivity contribution in [3.8, 4) is 5.75 Å². The zero-order chi connectivity index (χ0) is 16.9. The summed E-state index contributed by atoms with van der Waals surface area (Å²) in [6, 6.07) is 9.62. The van der Waals surface area contributed by atoms with Gasteiger partial charge in [-0.25, -0.2) is 0 Å². The van der Waals surface area contributed by atoms with Crippen LogP contribution >= 0.6 is 0 Å². The Morgan fingerprint density at radius 2 is 2.08 bits per heavy atom. The summed E-state index contributed by atoms with van der Waals surface area (Å²) in [6.45, 7) is 7.66. The van der Waals surface area contributed by atoms with Gasteiger partial charge in [-0.15, -0.1) is 0 Å². The Kier molecular flexibility index (Phi) is 5.20. The van der Waals surface area contributed by atoms with Crippen LogP contribution in [0, 0.1) is 13.8 Å². The Balaban J connectivity index is 1.61. The first-order chi connectivity index (χ1) is 11.6. The van der Waals surface area contributed by atoms with Crippen molar-refractivity contribution < 1.29 is 13.9 Å². The van der Waals surface area contributed by atoms with Crippen LogP contribution in [0.15, 0.2) is 34.7 Å². The fraction of sp³-hybridized carbons (Fsp3) is 0.421. The van der Waals surface area contributed by atoms with E-state index in [9.17, 15) is 4.79 Å². The number of carbonyl (C=O) groups is 1. The molecule has 1 aromatic carbocycles. The van der Waals surface area contributed by atoms with Crippen LogP contribution in [0.1, 0.15) is 33.9 Å². The van der Waals surface area contributed by atoms with Crippen LogP contribution in [0.2, 0.25) is 0 Å². The molecule has 128 valence electrons. The standard InChI is InChI=1S/C19H24N2O3/c1-14-4-6-17(15(2)12-14)23-13-16-5-7-18(24-16)19(22)21-10-3-8-20-9-11-21/h4-7,12,20H,3,8-11,13H2,1-2H3. The van der Waals surface area contributed by atoms with Crippen molar-refractivity contribution in [1.29, 1.82) is 0 Å². The molecule has 1 N–H and O–H groups in total. The van der Waals surface area contributed by atoms with Crippen LogP contribution in [0.4, 0.5) is 0 Å². The summed E-state index contributed by atoms with van der Waals surface area (Å²) in [7, 11) is 0. The molecule has 0 atom stereocenters. The van der Waals surface area contributed by atoms with Gasteiger partial charge in [0.25, 0.3) is 5.91 Å². The molecular formula is C19H24N2O3. The highest BCUT2D eigenvalue weighted by Gasteiger charge is 2.20. The van der Waals surface area contributed by atoms with Crippen LogP contribution < -0.4 is 10.1 Å². The molecule has 1 saturated heterocycles. The average molecular weight is 328 g/mol. The quantitative estimate of drug-likeness (QED) is 0.937. The number of carbonyl (C=O) groups excluding carboxylic acids is 1. The van der Waals surface area contributed by atoms with Crippen molar-refractivity contribution in [2.45, 2.75) is 26.9 Å². The van der Waals surface area contributed by atoms with Crippen LogP contribution in [-0.4, -0.2) is 37.0 Å². The van der Waals surface area contributed by atoms with Gasteiger partial charge in [-0.2, -0.15) is 0 Å². The minimum absolute atomic E-state index is 0.0449. The van der Waals surface area contributed by atoms with E-state index < -0.39 is 0 Å². The highest BCUT2D eigenvalue weighted by Crippen LogP contribution is 2.21. The minimum Gasteiger partial charge on any atom is -0.485 e. The number of ether oxygens (including phenoxy) is 1. The number of benzene rings is 1. The second kappa shape index (κ2) is 7.53.